The minimum atomic E-state index is -4.73. The van der Waals surface area contributed by atoms with Gasteiger partial charge in [-0.1, -0.05) is 41.6 Å². The van der Waals surface area contributed by atoms with Gasteiger partial charge in [-0.3, -0.25) is 4.79 Å². The molecule has 4 aromatic rings. The van der Waals surface area contributed by atoms with E-state index in [9.17, 15) is 22.4 Å². The second kappa shape index (κ2) is 10.3. The van der Waals surface area contributed by atoms with Crippen molar-refractivity contribution in [3.8, 4) is 34.0 Å². The van der Waals surface area contributed by atoms with E-state index in [-0.39, 0.29) is 40.8 Å². The van der Waals surface area contributed by atoms with Crippen molar-refractivity contribution in [2.75, 3.05) is 24.6 Å². The molecule has 1 aliphatic rings. The van der Waals surface area contributed by atoms with E-state index >= 15 is 0 Å². The predicted octanol–water partition coefficient (Wildman–Crippen LogP) is 6.54. The van der Waals surface area contributed by atoms with Crippen LogP contribution in [0, 0.1) is 5.82 Å². The van der Waals surface area contributed by atoms with Gasteiger partial charge >= 0.3 is 12.1 Å². The van der Waals surface area contributed by atoms with Crippen LogP contribution in [0.1, 0.15) is 24.5 Å². The van der Waals surface area contributed by atoms with E-state index in [1.54, 1.807) is 6.92 Å². The second-order valence-corrected chi connectivity index (χ2v) is 8.76. The van der Waals surface area contributed by atoms with Crippen LogP contribution in [0.2, 0.25) is 0 Å². The number of nitrogens with zero attached hydrogens (tertiary/aromatic N) is 3. The number of fused-ring (bicyclic) bond motifs is 1. The molecule has 0 bridgehead atoms. The molecule has 2 heterocycles. The lowest BCUT2D eigenvalue weighted by atomic mass is 9.96. The normalized spacial score (nSPS) is 13.0. The highest BCUT2D eigenvalue weighted by Gasteiger charge is 2.35. The quantitative estimate of drug-likeness (QED) is 0.202. The first-order valence-corrected chi connectivity index (χ1v) is 12.1. The highest BCUT2D eigenvalue weighted by Crippen LogP contribution is 2.41. The fourth-order valence-corrected chi connectivity index (χ4v) is 4.68. The summed E-state index contributed by atoms with van der Waals surface area (Å²) in [6.45, 7) is 3.29. The van der Waals surface area contributed by atoms with E-state index in [0.29, 0.717) is 31.7 Å². The predicted molar refractivity (Wildman–Crippen MR) is 133 cm³/mol. The molecular formula is C28H23F4N3O3. The van der Waals surface area contributed by atoms with Crippen LogP contribution in [0.4, 0.5) is 23.2 Å². The maximum atomic E-state index is 14.3. The maximum absolute atomic E-state index is 14.3. The molecule has 0 atom stereocenters. The lowest BCUT2D eigenvalue weighted by molar-refractivity contribution is -0.143. The van der Waals surface area contributed by atoms with Crippen molar-refractivity contribution < 1.29 is 31.6 Å². The molecule has 1 aromatic heterocycles. The third kappa shape index (κ3) is 4.98. The van der Waals surface area contributed by atoms with Crippen LogP contribution in [0.5, 0.6) is 0 Å². The van der Waals surface area contributed by atoms with Gasteiger partial charge in [-0.15, -0.1) is 0 Å². The molecule has 6 nitrogen and oxygen atoms in total. The summed E-state index contributed by atoms with van der Waals surface area (Å²) in [5, 5.41) is 4.03. The Hall–Kier alpha value is -4.21. The van der Waals surface area contributed by atoms with Gasteiger partial charge in [0.05, 0.1) is 18.6 Å². The van der Waals surface area contributed by atoms with Crippen molar-refractivity contribution in [3.05, 3.63) is 77.6 Å². The number of carbonyl (C=O) groups is 1. The minimum Gasteiger partial charge on any atom is -0.466 e. The van der Waals surface area contributed by atoms with Crippen LogP contribution in [0.15, 0.2) is 65.2 Å². The Balaban J connectivity index is 1.45. The maximum Gasteiger partial charge on any atom is 0.417 e. The average molecular weight is 526 g/mol. The number of hydrogen-bond acceptors (Lipinski definition) is 6. The largest absolute Gasteiger partial charge is 0.466 e. The number of aromatic nitrogens is 2. The number of anilines is 1. The third-order valence-corrected chi connectivity index (χ3v) is 6.42. The van der Waals surface area contributed by atoms with Gasteiger partial charge < -0.3 is 14.2 Å². The topological polar surface area (TPSA) is 68.5 Å². The Labute approximate surface area is 215 Å². The zero-order valence-corrected chi connectivity index (χ0v) is 20.4. The van der Waals surface area contributed by atoms with Crippen LogP contribution in [0.3, 0.4) is 0 Å². The first kappa shape index (κ1) is 25.4. The SMILES string of the molecule is CCOC(=O)CCN1CCc2c(-c3noc(-c4ccc(-c5ccccc5F)c(C(F)(F)F)c4)n3)cccc21. The van der Waals surface area contributed by atoms with Gasteiger partial charge in [0.1, 0.15) is 5.82 Å². The van der Waals surface area contributed by atoms with E-state index in [1.165, 1.54) is 30.3 Å². The van der Waals surface area contributed by atoms with Gasteiger partial charge in [0.25, 0.3) is 5.89 Å². The van der Waals surface area contributed by atoms with Crippen molar-refractivity contribution >= 4 is 11.7 Å². The Kier molecular flexibility index (Phi) is 6.88. The van der Waals surface area contributed by atoms with Gasteiger partial charge in [-0.05, 0) is 48.7 Å². The Morgan fingerprint density at radius 1 is 1.05 bits per heavy atom. The van der Waals surface area contributed by atoms with Gasteiger partial charge in [-0.2, -0.15) is 18.2 Å². The number of hydrogen-bond donors (Lipinski definition) is 0. The number of rotatable bonds is 7. The van der Waals surface area contributed by atoms with Crippen molar-refractivity contribution in [2.45, 2.75) is 25.9 Å². The Morgan fingerprint density at radius 2 is 1.84 bits per heavy atom. The molecule has 0 fully saturated rings. The number of carbonyl (C=O) groups excluding carboxylic acids is 1. The molecule has 0 saturated carbocycles. The summed E-state index contributed by atoms with van der Waals surface area (Å²) in [4.78, 5) is 18.2. The summed E-state index contributed by atoms with van der Waals surface area (Å²) in [5.41, 5.74) is 1.25. The first-order valence-electron chi connectivity index (χ1n) is 12.1. The standard InChI is InChI=1S/C28H23F4N3O3/c1-2-37-25(36)13-15-35-14-12-20-21(7-5-9-24(20)35)26-33-27(38-34-26)17-10-11-18(22(16-17)28(30,31)32)19-6-3-4-8-23(19)29/h3-11,16H,2,12-15H2,1H3. The van der Waals surface area contributed by atoms with Gasteiger partial charge in [0, 0.05) is 35.5 Å². The van der Waals surface area contributed by atoms with Crippen molar-refractivity contribution in [1.29, 1.82) is 0 Å². The first-order chi connectivity index (χ1) is 18.3. The van der Waals surface area contributed by atoms with Crippen LogP contribution < -0.4 is 4.90 Å². The lowest BCUT2D eigenvalue weighted by Crippen LogP contribution is -2.24. The summed E-state index contributed by atoms with van der Waals surface area (Å²) in [5.74, 6) is -0.851. The van der Waals surface area contributed by atoms with Crippen molar-refractivity contribution in [1.82, 2.24) is 10.1 Å². The van der Waals surface area contributed by atoms with Gasteiger partial charge in [0.2, 0.25) is 5.82 Å². The fraction of sp³-hybridized carbons (Fsp3) is 0.250. The Morgan fingerprint density at radius 3 is 2.61 bits per heavy atom. The molecule has 38 heavy (non-hydrogen) atoms. The molecule has 5 rings (SSSR count). The van der Waals surface area contributed by atoms with E-state index < -0.39 is 17.6 Å². The molecule has 0 aliphatic carbocycles. The summed E-state index contributed by atoms with van der Waals surface area (Å²) in [6.07, 6.45) is -3.79. The van der Waals surface area contributed by atoms with Crippen LogP contribution in [-0.4, -0.2) is 35.8 Å². The monoisotopic (exact) mass is 525 g/mol. The van der Waals surface area contributed by atoms with Crippen LogP contribution >= 0.6 is 0 Å². The lowest BCUT2D eigenvalue weighted by Gasteiger charge is -2.19. The Bertz CT molecular complexity index is 1480. The smallest absolute Gasteiger partial charge is 0.417 e. The molecule has 10 heteroatoms. The number of ether oxygens (including phenoxy) is 1. The average Bonchev–Trinajstić information content (AvgIpc) is 3.55. The molecular weight excluding hydrogens is 502 g/mol. The molecule has 3 aromatic carbocycles. The zero-order chi connectivity index (χ0) is 26.9. The zero-order valence-electron chi connectivity index (χ0n) is 20.4. The number of halogens is 4. The van der Waals surface area contributed by atoms with E-state index in [1.807, 2.05) is 18.2 Å². The third-order valence-electron chi connectivity index (χ3n) is 6.42. The molecule has 0 saturated heterocycles. The summed E-state index contributed by atoms with van der Waals surface area (Å²) < 4.78 is 66.5. The second-order valence-electron chi connectivity index (χ2n) is 8.76. The summed E-state index contributed by atoms with van der Waals surface area (Å²) in [6, 6.07) is 14.4. The van der Waals surface area contributed by atoms with E-state index in [4.69, 9.17) is 9.26 Å². The highest BCUT2D eigenvalue weighted by atomic mass is 19.4. The summed E-state index contributed by atoms with van der Waals surface area (Å²) in [7, 11) is 0. The minimum absolute atomic E-state index is 0.0693. The van der Waals surface area contributed by atoms with E-state index in [2.05, 4.69) is 15.0 Å². The molecule has 0 unspecified atom stereocenters. The molecule has 0 radical (unpaired) electrons. The number of esters is 1. The van der Waals surface area contributed by atoms with Crippen molar-refractivity contribution in [2.24, 2.45) is 0 Å². The van der Waals surface area contributed by atoms with Crippen LogP contribution in [-0.2, 0) is 22.1 Å². The number of benzene rings is 3. The molecule has 0 N–H and O–H groups in total. The van der Waals surface area contributed by atoms with Crippen molar-refractivity contribution in [3.63, 3.8) is 0 Å². The van der Waals surface area contributed by atoms with Gasteiger partial charge in [-0.25, -0.2) is 4.39 Å². The van der Waals surface area contributed by atoms with Crippen LogP contribution in [0.25, 0.3) is 34.0 Å². The van der Waals surface area contributed by atoms with Gasteiger partial charge in [0.15, 0.2) is 0 Å². The molecule has 0 spiro atoms. The molecule has 0 amide bonds. The number of alkyl halides is 3. The van der Waals surface area contributed by atoms with E-state index in [0.717, 1.165) is 23.4 Å². The highest BCUT2D eigenvalue weighted by molar-refractivity contribution is 5.76. The molecule has 196 valence electrons. The summed E-state index contributed by atoms with van der Waals surface area (Å²) >= 11 is 0. The molecule has 1 aliphatic heterocycles. The fourth-order valence-electron chi connectivity index (χ4n) is 4.68.